The number of aromatic nitrogens is 1. The number of anilines is 1. The topological polar surface area (TPSA) is 56.7 Å². The molecule has 2 heterocycles. The van der Waals surface area contributed by atoms with Gasteiger partial charge in [-0.3, -0.25) is 9.88 Å². The van der Waals surface area contributed by atoms with E-state index < -0.39 is 5.97 Å². The number of carboxylic acid groups (broad SMARTS) is 1. The van der Waals surface area contributed by atoms with Gasteiger partial charge < -0.3 is 10.0 Å². The normalized spacial score (nSPS) is 19.8. The minimum atomic E-state index is -0.879. The van der Waals surface area contributed by atoms with Crippen LogP contribution in [0.1, 0.15) is 34.6 Å². The van der Waals surface area contributed by atoms with Crippen LogP contribution in [0.25, 0.3) is 0 Å². The summed E-state index contributed by atoms with van der Waals surface area (Å²) in [5.74, 6) is 0.0342. The molecule has 1 aromatic rings. The van der Waals surface area contributed by atoms with E-state index in [0.29, 0.717) is 11.3 Å². The Morgan fingerprint density at radius 3 is 2.52 bits per heavy atom. The molecule has 0 spiro atoms. The van der Waals surface area contributed by atoms with E-state index in [4.69, 9.17) is 0 Å². The lowest BCUT2D eigenvalue weighted by molar-refractivity contribution is 0.0696. The fourth-order valence-corrected chi connectivity index (χ4v) is 3.16. The van der Waals surface area contributed by atoms with E-state index in [1.807, 2.05) is 13.0 Å². The third-order valence-electron chi connectivity index (χ3n) is 4.45. The molecule has 0 amide bonds. The average Bonchev–Trinajstić information content (AvgIpc) is 3.22. The van der Waals surface area contributed by atoms with Crippen LogP contribution in [0, 0.1) is 19.8 Å². The van der Waals surface area contributed by atoms with Gasteiger partial charge in [-0.15, -0.1) is 0 Å². The van der Waals surface area contributed by atoms with Gasteiger partial charge in [-0.2, -0.15) is 0 Å². The third kappa shape index (κ3) is 3.18. The monoisotopic (exact) mass is 289 g/mol. The van der Waals surface area contributed by atoms with Gasteiger partial charge in [0.05, 0.1) is 11.4 Å². The van der Waals surface area contributed by atoms with Gasteiger partial charge in [0.25, 0.3) is 0 Å². The fraction of sp³-hybridized carbons (Fsp3) is 0.625. The van der Waals surface area contributed by atoms with E-state index in [1.54, 1.807) is 6.92 Å². The quantitative estimate of drug-likeness (QED) is 0.918. The Hall–Kier alpha value is -1.62. The number of hydrogen-bond acceptors (Lipinski definition) is 4. The van der Waals surface area contributed by atoms with E-state index in [1.165, 1.54) is 19.4 Å². The van der Waals surface area contributed by atoms with Crippen molar-refractivity contribution in [3.05, 3.63) is 23.0 Å². The van der Waals surface area contributed by atoms with Crippen LogP contribution in [0.3, 0.4) is 0 Å². The molecule has 5 nitrogen and oxygen atoms in total. The van der Waals surface area contributed by atoms with Gasteiger partial charge in [-0.25, -0.2) is 4.79 Å². The van der Waals surface area contributed by atoms with E-state index in [0.717, 1.165) is 43.5 Å². The number of hydrogen-bond donors (Lipinski definition) is 1. The van der Waals surface area contributed by atoms with Gasteiger partial charge in [-0.1, -0.05) is 0 Å². The van der Waals surface area contributed by atoms with Crippen LogP contribution >= 0.6 is 0 Å². The largest absolute Gasteiger partial charge is 0.478 e. The second-order valence-corrected chi connectivity index (χ2v) is 6.28. The zero-order valence-electron chi connectivity index (χ0n) is 12.8. The number of carbonyl (C=O) groups is 1. The molecule has 21 heavy (non-hydrogen) atoms. The van der Waals surface area contributed by atoms with Gasteiger partial charge >= 0.3 is 5.97 Å². The summed E-state index contributed by atoms with van der Waals surface area (Å²) in [6.07, 6.45) is 2.76. The number of aromatic carboxylic acids is 1. The van der Waals surface area contributed by atoms with E-state index in [-0.39, 0.29) is 0 Å². The van der Waals surface area contributed by atoms with E-state index in [2.05, 4.69) is 14.8 Å². The van der Waals surface area contributed by atoms with Crippen LogP contribution in [0.5, 0.6) is 0 Å². The molecule has 0 aromatic carbocycles. The van der Waals surface area contributed by atoms with Crippen molar-refractivity contribution in [3.63, 3.8) is 0 Å². The maximum absolute atomic E-state index is 11.5. The molecule has 1 saturated heterocycles. The molecule has 0 radical (unpaired) electrons. The first kappa shape index (κ1) is 14.3. The lowest BCUT2D eigenvalue weighted by Crippen LogP contribution is -2.47. The van der Waals surface area contributed by atoms with Gasteiger partial charge in [-0.05, 0) is 38.7 Å². The lowest BCUT2D eigenvalue weighted by Gasteiger charge is -2.37. The number of aryl methyl sites for hydroxylation is 2. The first-order chi connectivity index (χ1) is 10.0. The first-order valence-corrected chi connectivity index (χ1v) is 7.73. The highest BCUT2D eigenvalue weighted by atomic mass is 16.4. The summed E-state index contributed by atoms with van der Waals surface area (Å²) >= 11 is 0. The summed E-state index contributed by atoms with van der Waals surface area (Å²) < 4.78 is 0. The van der Waals surface area contributed by atoms with E-state index in [9.17, 15) is 9.90 Å². The molecule has 1 aliphatic carbocycles. The van der Waals surface area contributed by atoms with Crippen molar-refractivity contribution in [2.45, 2.75) is 26.7 Å². The number of rotatable bonds is 4. The molecule has 0 bridgehead atoms. The summed E-state index contributed by atoms with van der Waals surface area (Å²) in [5, 5.41) is 9.47. The van der Waals surface area contributed by atoms with Crippen LogP contribution in [-0.4, -0.2) is 53.7 Å². The summed E-state index contributed by atoms with van der Waals surface area (Å²) in [7, 11) is 0. The summed E-state index contributed by atoms with van der Waals surface area (Å²) in [4.78, 5) is 20.5. The van der Waals surface area contributed by atoms with Crippen molar-refractivity contribution >= 4 is 11.7 Å². The summed E-state index contributed by atoms with van der Waals surface area (Å²) in [5.41, 5.74) is 2.68. The van der Waals surface area contributed by atoms with Crippen LogP contribution in [-0.2, 0) is 0 Å². The fourth-order valence-electron chi connectivity index (χ4n) is 3.16. The van der Waals surface area contributed by atoms with Gasteiger partial charge in [0, 0.05) is 38.4 Å². The minimum absolute atomic E-state index is 0.358. The Morgan fingerprint density at radius 1 is 1.29 bits per heavy atom. The molecule has 1 saturated carbocycles. The van der Waals surface area contributed by atoms with Crippen LogP contribution < -0.4 is 4.90 Å². The minimum Gasteiger partial charge on any atom is -0.478 e. The highest BCUT2D eigenvalue weighted by Crippen LogP contribution is 2.31. The maximum Gasteiger partial charge on any atom is 0.339 e. The molecule has 2 aliphatic rings. The van der Waals surface area contributed by atoms with Crippen molar-refractivity contribution in [2.24, 2.45) is 5.92 Å². The molecule has 0 unspecified atom stereocenters. The number of pyridine rings is 1. The molecule has 1 N–H and O–H groups in total. The smallest absolute Gasteiger partial charge is 0.339 e. The molecule has 5 heteroatoms. The van der Waals surface area contributed by atoms with E-state index >= 15 is 0 Å². The number of nitrogens with zero attached hydrogens (tertiary/aromatic N) is 3. The number of piperazine rings is 1. The lowest BCUT2D eigenvalue weighted by atomic mass is 10.1. The van der Waals surface area contributed by atoms with Crippen LogP contribution in [0.15, 0.2) is 6.07 Å². The maximum atomic E-state index is 11.5. The van der Waals surface area contributed by atoms with Crippen molar-refractivity contribution in [1.82, 2.24) is 9.88 Å². The van der Waals surface area contributed by atoms with Crippen LogP contribution in [0.2, 0.25) is 0 Å². The predicted molar refractivity (Wildman–Crippen MR) is 82.0 cm³/mol. The van der Waals surface area contributed by atoms with Crippen molar-refractivity contribution in [2.75, 3.05) is 37.6 Å². The van der Waals surface area contributed by atoms with Gasteiger partial charge in [0.15, 0.2) is 0 Å². The SMILES string of the molecule is Cc1cc(N2CCN(CC3CC3)CC2)c(C(=O)O)c(C)n1. The zero-order valence-corrected chi connectivity index (χ0v) is 12.8. The van der Waals surface area contributed by atoms with Crippen molar-refractivity contribution in [3.8, 4) is 0 Å². The highest BCUT2D eigenvalue weighted by Gasteiger charge is 2.28. The second kappa shape index (κ2) is 5.64. The number of carboxylic acids is 1. The molecule has 1 aromatic heterocycles. The van der Waals surface area contributed by atoms with Crippen molar-refractivity contribution in [1.29, 1.82) is 0 Å². The third-order valence-corrected chi connectivity index (χ3v) is 4.45. The Morgan fingerprint density at radius 2 is 1.95 bits per heavy atom. The molecule has 1 aliphatic heterocycles. The molecular weight excluding hydrogens is 266 g/mol. The molecule has 3 rings (SSSR count). The van der Waals surface area contributed by atoms with Gasteiger partial charge in [0.2, 0.25) is 0 Å². The molecule has 0 atom stereocenters. The molecular formula is C16H23N3O2. The molecule has 114 valence electrons. The van der Waals surface area contributed by atoms with Crippen molar-refractivity contribution < 1.29 is 9.90 Å². The summed E-state index contributed by atoms with van der Waals surface area (Å²) in [6, 6.07) is 1.91. The Bertz CT molecular complexity index is 547. The Kier molecular flexibility index (Phi) is 3.85. The summed E-state index contributed by atoms with van der Waals surface area (Å²) in [6.45, 7) is 8.76. The van der Waals surface area contributed by atoms with Crippen LogP contribution in [0.4, 0.5) is 5.69 Å². The average molecular weight is 289 g/mol. The zero-order chi connectivity index (χ0) is 15.0. The molecule has 2 fully saturated rings. The Balaban J connectivity index is 1.76. The predicted octanol–water partition coefficient (Wildman–Crippen LogP) is 1.93. The Labute approximate surface area is 125 Å². The second-order valence-electron chi connectivity index (χ2n) is 6.28. The standard InChI is InChI=1S/C16H23N3O2/c1-11-9-14(15(16(20)21)12(2)17-11)19-7-5-18(6-8-19)10-13-3-4-13/h9,13H,3-8,10H2,1-2H3,(H,20,21). The first-order valence-electron chi connectivity index (χ1n) is 7.73. The highest BCUT2D eigenvalue weighted by molar-refractivity contribution is 5.95. The van der Waals surface area contributed by atoms with Gasteiger partial charge in [0.1, 0.15) is 5.56 Å².